The summed E-state index contributed by atoms with van der Waals surface area (Å²) in [6.45, 7) is 4.11. The van der Waals surface area contributed by atoms with Crippen LogP contribution in [0.1, 0.15) is 31.3 Å². The summed E-state index contributed by atoms with van der Waals surface area (Å²) < 4.78 is 2.13. The van der Waals surface area contributed by atoms with Crippen molar-refractivity contribution in [3.8, 4) is 0 Å². The molecule has 0 unspecified atom stereocenters. The molecule has 2 heterocycles. The second-order valence-electron chi connectivity index (χ2n) is 3.14. The summed E-state index contributed by atoms with van der Waals surface area (Å²) in [5.41, 5.74) is 8.12. The van der Waals surface area contributed by atoms with E-state index in [1.807, 2.05) is 12.3 Å². The maximum absolute atomic E-state index is 5.84. The highest BCUT2D eigenvalue weighted by Gasteiger charge is 2.13. The minimum absolute atomic E-state index is 0.0297. The Kier molecular flexibility index (Phi) is 2.09. The molecule has 0 saturated heterocycles. The summed E-state index contributed by atoms with van der Waals surface area (Å²) in [5.74, 6) is 0. The first-order valence-corrected chi connectivity index (χ1v) is 5.32. The molecule has 4 heteroatoms. The van der Waals surface area contributed by atoms with Crippen LogP contribution in [0.5, 0.6) is 0 Å². The molecule has 2 aromatic rings. The highest BCUT2D eigenvalue weighted by atomic mass is 32.1. The number of hydrogen-bond acceptors (Lipinski definition) is 3. The lowest BCUT2D eigenvalue weighted by molar-refractivity contribution is 0.768. The number of aromatic nitrogens is 2. The van der Waals surface area contributed by atoms with E-state index in [2.05, 4.69) is 22.5 Å². The van der Waals surface area contributed by atoms with Crippen molar-refractivity contribution in [3.63, 3.8) is 0 Å². The minimum Gasteiger partial charge on any atom is -0.323 e. The van der Waals surface area contributed by atoms with Crippen LogP contribution in [-0.4, -0.2) is 9.38 Å². The Labute approximate surface area is 81.2 Å². The fourth-order valence-corrected chi connectivity index (χ4v) is 2.31. The quantitative estimate of drug-likeness (QED) is 0.796. The summed E-state index contributed by atoms with van der Waals surface area (Å²) >= 11 is 1.65. The zero-order chi connectivity index (χ0) is 9.42. The predicted octanol–water partition coefficient (Wildman–Crippen LogP) is 1.98. The molecule has 0 aliphatic carbocycles. The standard InChI is InChI=1S/C9H13N3S/c1-3-7-8(6(2)10)11-9-12(7)4-5-13-9/h4-6H,3,10H2,1-2H3/t6-/m1/s1. The number of hydrogen-bond donors (Lipinski definition) is 1. The third-order valence-electron chi connectivity index (χ3n) is 2.16. The highest BCUT2D eigenvalue weighted by molar-refractivity contribution is 7.15. The molecule has 0 aliphatic rings. The van der Waals surface area contributed by atoms with Crippen LogP contribution in [0.15, 0.2) is 11.6 Å². The van der Waals surface area contributed by atoms with Gasteiger partial charge in [-0.3, -0.25) is 4.40 Å². The highest BCUT2D eigenvalue weighted by Crippen LogP contribution is 2.21. The molecule has 0 radical (unpaired) electrons. The maximum atomic E-state index is 5.84. The molecule has 0 saturated carbocycles. The van der Waals surface area contributed by atoms with E-state index >= 15 is 0 Å². The average molecular weight is 195 g/mol. The van der Waals surface area contributed by atoms with E-state index in [0.29, 0.717) is 0 Å². The molecule has 0 aromatic carbocycles. The van der Waals surface area contributed by atoms with Gasteiger partial charge < -0.3 is 5.73 Å². The van der Waals surface area contributed by atoms with E-state index in [0.717, 1.165) is 17.1 Å². The van der Waals surface area contributed by atoms with Crippen molar-refractivity contribution in [1.29, 1.82) is 0 Å². The molecule has 2 N–H and O–H groups in total. The molecule has 0 fully saturated rings. The monoisotopic (exact) mass is 195 g/mol. The molecular weight excluding hydrogens is 182 g/mol. The molecule has 0 spiro atoms. The van der Waals surface area contributed by atoms with Crippen LogP contribution < -0.4 is 5.73 Å². The van der Waals surface area contributed by atoms with Gasteiger partial charge in [0.25, 0.3) is 0 Å². The number of nitrogens with two attached hydrogens (primary N) is 1. The van der Waals surface area contributed by atoms with Crippen molar-refractivity contribution in [1.82, 2.24) is 9.38 Å². The normalized spacial score (nSPS) is 13.8. The van der Waals surface area contributed by atoms with Gasteiger partial charge in [0.2, 0.25) is 0 Å². The third kappa shape index (κ3) is 1.26. The van der Waals surface area contributed by atoms with Crippen molar-refractivity contribution in [3.05, 3.63) is 23.0 Å². The lowest BCUT2D eigenvalue weighted by Crippen LogP contribution is -2.08. The summed E-state index contributed by atoms with van der Waals surface area (Å²) in [4.78, 5) is 5.55. The van der Waals surface area contributed by atoms with Gasteiger partial charge >= 0.3 is 0 Å². The van der Waals surface area contributed by atoms with Crippen molar-refractivity contribution < 1.29 is 0 Å². The Morgan fingerprint density at radius 1 is 1.69 bits per heavy atom. The Bertz CT molecular complexity index is 413. The molecular formula is C9H13N3S. The SMILES string of the molecule is CCc1c([C@@H](C)N)nc2sccn12. The van der Waals surface area contributed by atoms with Crippen molar-refractivity contribution in [2.75, 3.05) is 0 Å². The summed E-state index contributed by atoms with van der Waals surface area (Å²) in [6, 6.07) is 0.0297. The van der Waals surface area contributed by atoms with E-state index < -0.39 is 0 Å². The summed E-state index contributed by atoms with van der Waals surface area (Å²) in [5, 5.41) is 2.05. The van der Waals surface area contributed by atoms with Gasteiger partial charge in [0, 0.05) is 23.3 Å². The van der Waals surface area contributed by atoms with Gasteiger partial charge in [-0.15, -0.1) is 11.3 Å². The predicted molar refractivity (Wildman–Crippen MR) is 55.0 cm³/mol. The Hall–Kier alpha value is -0.870. The minimum atomic E-state index is 0.0297. The smallest absolute Gasteiger partial charge is 0.194 e. The van der Waals surface area contributed by atoms with Gasteiger partial charge in [-0.05, 0) is 13.3 Å². The van der Waals surface area contributed by atoms with Crippen LogP contribution in [0.4, 0.5) is 0 Å². The first kappa shape index (κ1) is 8.72. The Morgan fingerprint density at radius 3 is 3.08 bits per heavy atom. The number of rotatable bonds is 2. The molecule has 70 valence electrons. The van der Waals surface area contributed by atoms with Crippen LogP contribution in [0, 0.1) is 0 Å². The third-order valence-corrected chi connectivity index (χ3v) is 2.91. The number of nitrogens with zero attached hydrogens (tertiary/aromatic N) is 2. The van der Waals surface area contributed by atoms with Crippen LogP contribution in [0.25, 0.3) is 4.96 Å². The van der Waals surface area contributed by atoms with Crippen LogP contribution in [0.2, 0.25) is 0 Å². The molecule has 2 aromatic heterocycles. The van der Waals surface area contributed by atoms with Crippen LogP contribution in [-0.2, 0) is 6.42 Å². The second-order valence-corrected chi connectivity index (χ2v) is 4.01. The fraction of sp³-hybridized carbons (Fsp3) is 0.444. The molecule has 2 rings (SSSR count). The zero-order valence-electron chi connectivity index (χ0n) is 7.82. The fourth-order valence-electron chi connectivity index (χ4n) is 1.57. The molecule has 0 aliphatic heterocycles. The van der Waals surface area contributed by atoms with Crippen molar-refractivity contribution in [2.24, 2.45) is 5.73 Å². The molecule has 1 atom stereocenters. The van der Waals surface area contributed by atoms with E-state index in [4.69, 9.17) is 5.73 Å². The lowest BCUT2D eigenvalue weighted by atomic mass is 10.2. The van der Waals surface area contributed by atoms with E-state index in [9.17, 15) is 0 Å². The van der Waals surface area contributed by atoms with Gasteiger partial charge in [0.05, 0.1) is 5.69 Å². The number of aryl methyl sites for hydroxylation is 1. The van der Waals surface area contributed by atoms with Gasteiger partial charge in [-0.2, -0.15) is 0 Å². The van der Waals surface area contributed by atoms with Gasteiger partial charge in [-0.1, -0.05) is 6.92 Å². The Balaban J connectivity index is 2.67. The summed E-state index contributed by atoms with van der Waals surface area (Å²) in [6.07, 6.45) is 3.03. The molecule has 0 amide bonds. The van der Waals surface area contributed by atoms with Crippen LogP contribution in [0.3, 0.4) is 0 Å². The van der Waals surface area contributed by atoms with Gasteiger partial charge in [0.1, 0.15) is 0 Å². The topological polar surface area (TPSA) is 43.3 Å². The van der Waals surface area contributed by atoms with E-state index in [1.165, 1.54) is 5.69 Å². The van der Waals surface area contributed by atoms with Gasteiger partial charge in [-0.25, -0.2) is 4.98 Å². The Morgan fingerprint density at radius 2 is 2.46 bits per heavy atom. The second kappa shape index (κ2) is 3.12. The summed E-state index contributed by atoms with van der Waals surface area (Å²) in [7, 11) is 0. The maximum Gasteiger partial charge on any atom is 0.194 e. The average Bonchev–Trinajstić information content (AvgIpc) is 2.60. The van der Waals surface area contributed by atoms with E-state index in [1.54, 1.807) is 11.3 Å². The first-order valence-electron chi connectivity index (χ1n) is 4.44. The number of fused-ring (bicyclic) bond motifs is 1. The molecule has 13 heavy (non-hydrogen) atoms. The molecule has 3 nitrogen and oxygen atoms in total. The largest absolute Gasteiger partial charge is 0.323 e. The number of thiazole rings is 1. The first-order chi connectivity index (χ1) is 6.24. The molecule has 0 bridgehead atoms. The lowest BCUT2D eigenvalue weighted by Gasteiger charge is -2.03. The zero-order valence-corrected chi connectivity index (χ0v) is 8.64. The van der Waals surface area contributed by atoms with Gasteiger partial charge in [0.15, 0.2) is 4.96 Å². The van der Waals surface area contributed by atoms with Crippen LogP contribution >= 0.6 is 11.3 Å². The number of imidazole rings is 1. The van der Waals surface area contributed by atoms with Crippen molar-refractivity contribution >= 4 is 16.3 Å². The van der Waals surface area contributed by atoms with Crippen molar-refractivity contribution in [2.45, 2.75) is 26.3 Å². The van der Waals surface area contributed by atoms with E-state index in [-0.39, 0.29) is 6.04 Å².